The number of carbonyl (C=O) groups is 1. The van der Waals surface area contributed by atoms with Crippen LogP contribution >= 0.6 is 0 Å². The molecule has 0 aliphatic carbocycles. The second-order valence-corrected chi connectivity index (χ2v) is 6.51. The first-order chi connectivity index (χ1) is 9.56. The predicted octanol–water partition coefficient (Wildman–Crippen LogP) is 2.69. The van der Waals surface area contributed by atoms with Gasteiger partial charge in [-0.1, -0.05) is 17.7 Å². The van der Waals surface area contributed by atoms with Crippen LogP contribution in [0.5, 0.6) is 0 Å². The fourth-order valence-electron chi connectivity index (χ4n) is 3.91. The molecule has 0 N–H and O–H groups in total. The maximum Gasteiger partial charge on any atom is 0.253 e. The summed E-state index contributed by atoms with van der Waals surface area (Å²) in [4.78, 5) is 17.3. The number of rotatable bonds is 2. The highest BCUT2D eigenvalue weighted by Crippen LogP contribution is 2.32. The van der Waals surface area contributed by atoms with Gasteiger partial charge in [-0.2, -0.15) is 0 Å². The molecule has 0 spiro atoms. The molecule has 2 unspecified atom stereocenters. The highest BCUT2D eigenvalue weighted by molar-refractivity contribution is 5.94. The second-order valence-electron chi connectivity index (χ2n) is 6.51. The van der Waals surface area contributed by atoms with Crippen molar-refractivity contribution in [2.75, 3.05) is 13.1 Å². The lowest BCUT2D eigenvalue weighted by molar-refractivity contribution is 0.0338. The Morgan fingerprint density at radius 3 is 2.40 bits per heavy atom. The van der Waals surface area contributed by atoms with Crippen molar-refractivity contribution in [1.82, 2.24) is 9.80 Å². The smallest absolute Gasteiger partial charge is 0.253 e. The second kappa shape index (κ2) is 5.21. The number of fused-ring (bicyclic) bond motifs is 2. The molecule has 2 bridgehead atoms. The molecular formula is C17H24N2O. The summed E-state index contributed by atoms with van der Waals surface area (Å²) in [5.41, 5.74) is 1.99. The summed E-state index contributed by atoms with van der Waals surface area (Å²) in [6.45, 7) is 8.35. The van der Waals surface area contributed by atoms with E-state index < -0.39 is 0 Å². The largest absolute Gasteiger partial charge is 0.336 e. The molecule has 108 valence electrons. The van der Waals surface area contributed by atoms with Crippen LogP contribution in [0.2, 0.25) is 0 Å². The van der Waals surface area contributed by atoms with E-state index in [0.717, 1.165) is 24.2 Å². The van der Waals surface area contributed by atoms with Gasteiger partial charge >= 0.3 is 0 Å². The van der Waals surface area contributed by atoms with Crippen LogP contribution in [0, 0.1) is 6.92 Å². The van der Waals surface area contributed by atoms with Gasteiger partial charge < -0.3 is 4.90 Å². The van der Waals surface area contributed by atoms with E-state index in [4.69, 9.17) is 0 Å². The number of likely N-dealkylation sites (tertiary alicyclic amines) is 1. The van der Waals surface area contributed by atoms with Crippen LogP contribution in [-0.2, 0) is 0 Å². The zero-order chi connectivity index (χ0) is 14.3. The number of hydrogen-bond donors (Lipinski definition) is 0. The van der Waals surface area contributed by atoms with Crippen molar-refractivity contribution in [3.63, 3.8) is 0 Å². The Morgan fingerprint density at radius 2 is 1.85 bits per heavy atom. The van der Waals surface area contributed by atoms with Crippen molar-refractivity contribution in [1.29, 1.82) is 0 Å². The lowest BCUT2D eigenvalue weighted by Gasteiger charge is -2.43. The zero-order valence-electron chi connectivity index (χ0n) is 12.7. The minimum Gasteiger partial charge on any atom is -0.336 e. The third-order valence-corrected chi connectivity index (χ3v) is 4.69. The molecule has 0 radical (unpaired) electrons. The molecule has 1 amide bonds. The van der Waals surface area contributed by atoms with Crippen molar-refractivity contribution in [2.24, 2.45) is 0 Å². The van der Waals surface area contributed by atoms with Gasteiger partial charge in [0, 0.05) is 36.8 Å². The number of piperazine rings is 1. The van der Waals surface area contributed by atoms with Crippen LogP contribution in [0.4, 0.5) is 0 Å². The van der Waals surface area contributed by atoms with E-state index in [1.165, 1.54) is 12.8 Å². The SMILES string of the molecule is Cc1cccc(C(=O)N2CC3CCC(C2)N3C(C)C)c1. The molecule has 2 aliphatic rings. The minimum absolute atomic E-state index is 0.203. The van der Waals surface area contributed by atoms with Gasteiger partial charge in [-0.25, -0.2) is 0 Å². The van der Waals surface area contributed by atoms with E-state index in [2.05, 4.69) is 23.6 Å². The Kier molecular flexibility index (Phi) is 3.55. The summed E-state index contributed by atoms with van der Waals surface area (Å²) in [7, 11) is 0. The number of hydrogen-bond acceptors (Lipinski definition) is 2. The molecule has 0 saturated carbocycles. The van der Waals surface area contributed by atoms with E-state index in [-0.39, 0.29) is 5.91 Å². The summed E-state index contributed by atoms with van der Waals surface area (Å²) < 4.78 is 0. The van der Waals surface area contributed by atoms with Gasteiger partial charge in [-0.05, 0) is 45.7 Å². The third kappa shape index (κ3) is 2.35. The van der Waals surface area contributed by atoms with Crippen molar-refractivity contribution in [3.8, 4) is 0 Å². The number of aryl methyl sites for hydroxylation is 1. The van der Waals surface area contributed by atoms with E-state index >= 15 is 0 Å². The maximum absolute atomic E-state index is 12.7. The van der Waals surface area contributed by atoms with E-state index in [9.17, 15) is 4.79 Å². The minimum atomic E-state index is 0.203. The fraction of sp³-hybridized carbons (Fsp3) is 0.588. The molecular weight excluding hydrogens is 248 g/mol. The van der Waals surface area contributed by atoms with E-state index in [0.29, 0.717) is 18.1 Å². The molecule has 2 heterocycles. The zero-order valence-corrected chi connectivity index (χ0v) is 12.7. The van der Waals surface area contributed by atoms with Gasteiger partial charge in [0.15, 0.2) is 0 Å². The van der Waals surface area contributed by atoms with Gasteiger partial charge in [-0.3, -0.25) is 9.69 Å². The van der Waals surface area contributed by atoms with Crippen LogP contribution in [0.15, 0.2) is 24.3 Å². The molecule has 2 saturated heterocycles. The molecule has 2 atom stereocenters. The molecule has 1 aromatic rings. The summed E-state index contributed by atoms with van der Waals surface area (Å²) >= 11 is 0. The monoisotopic (exact) mass is 272 g/mol. The van der Waals surface area contributed by atoms with Crippen molar-refractivity contribution in [3.05, 3.63) is 35.4 Å². The van der Waals surface area contributed by atoms with Crippen molar-refractivity contribution < 1.29 is 4.79 Å². The molecule has 3 heteroatoms. The van der Waals surface area contributed by atoms with Crippen molar-refractivity contribution in [2.45, 2.75) is 51.7 Å². The lowest BCUT2D eigenvalue weighted by atomic mass is 10.1. The van der Waals surface area contributed by atoms with Crippen LogP contribution in [0.1, 0.15) is 42.6 Å². The van der Waals surface area contributed by atoms with Crippen LogP contribution < -0.4 is 0 Å². The van der Waals surface area contributed by atoms with Gasteiger partial charge in [0.2, 0.25) is 0 Å². The third-order valence-electron chi connectivity index (χ3n) is 4.69. The van der Waals surface area contributed by atoms with Crippen LogP contribution in [-0.4, -0.2) is 46.9 Å². The highest BCUT2D eigenvalue weighted by atomic mass is 16.2. The molecule has 0 aromatic heterocycles. The number of nitrogens with zero attached hydrogens (tertiary/aromatic N) is 2. The first-order valence-corrected chi connectivity index (χ1v) is 7.69. The Morgan fingerprint density at radius 1 is 1.20 bits per heavy atom. The Bertz CT molecular complexity index is 497. The molecule has 3 rings (SSSR count). The highest BCUT2D eigenvalue weighted by Gasteiger charge is 2.42. The summed E-state index contributed by atoms with van der Waals surface area (Å²) in [5, 5.41) is 0. The molecule has 2 fully saturated rings. The van der Waals surface area contributed by atoms with Gasteiger partial charge in [0.25, 0.3) is 5.91 Å². The van der Waals surface area contributed by atoms with Crippen LogP contribution in [0.25, 0.3) is 0 Å². The fourth-order valence-corrected chi connectivity index (χ4v) is 3.91. The van der Waals surface area contributed by atoms with E-state index in [1.54, 1.807) is 0 Å². The number of benzene rings is 1. The van der Waals surface area contributed by atoms with Crippen LogP contribution in [0.3, 0.4) is 0 Å². The maximum atomic E-state index is 12.7. The predicted molar refractivity (Wildman–Crippen MR) is 80.9 cm³/mol. The number of amides is 1. The lowest BCUT2D eigenvalue weighted by Crippen LogP contribution is -2.57. The summed E-state index contributed by atoms with van der Waals surface area (Å²) in [6, 6.07) is 9.65. The molecule has 1 aromatic carbocycles. The van der Waals surface area contributed by atoms with Gasteiger partial charge in [0.05, 0.1) is 0 Å². The topological polar surface area (TPSA) is 23.6 Å². The average molecular weight is 272 g/mol. The van der Waals surface area contributed by atoms with Crippen molar-refractivity contribution >= 4 is 5.91 Å². The Labute approximate surface area is 121 Å². The Balaban J connectivity index is 1.76. The molecule has 20 heavy (non-hydrogen) atoms. The number of carbonyl (C=O) groups excluding carboxylic acids is 1. The Hall–Kier alpha value is -1.35. The van der Waals surface area contributed by atoms with E-state index in [1.807, 2.05) is 31.2 Å². The van der Waals surface area contributed by atoms with Gasteiger partial charge in [0.1, 0.15) is 0 Å². The standard InChI is InChI=1S/C17H24N2O/c1-12(2)19-15-7-8-16(19)11-18(10-15)17(20)14-6-4-5-13(3)9-14/h4-6,9,12,15-16H,7-8,10-11H2,1-3H3. The summed E-state index contributed by atoms with van der Waals surface area (Å²) in [6.07, 6.45) is 2.47. The summed E-state index contributed by atoms with van der Waals surface area (Å²) in [5.74, 6) is 0.203. The molecule has 2 aliphatic heterocycles. The van der Waals surface area contributed by atoms with Gasteiger partial charge in [-0.15, -0.1) is 0 Å². The first-order valence-electron chi connectivity index (χ1n) is 7.69. The molecule has 3 nitrogen and oxygen atoms in total. The first kappa shape index (κ1) is 13.6. The normalized spacial score (nSPS) is 26.3. The quantitative estimate of drug-likeness (QED) is 0.826. The average Bonchev–Trinajstić information content (AvgIpc) is 2.69.